The molecule has 0 bridgehead atoms. The van der Waals surface area contributed by atoms with E-state index >= 15 is 0 Å². The molecule has 0 saturated heterocycles. The molecule has 0 amide bonds. The van der Waals surface area contributed by atoms with Gasteiger partial charge in [0.25, 0.3) is 0 Å². The van der Waals surface area contributed by atoms with E-state index in [9.17, 15) is 0 Å². The summed E-state index contributed by atoms with van der Waals surface area (Å²) in [5, 5.41) is 0. The predicted octanol–water partition coefficient (Wildman–Crippen LogP) is 2.25. The summed E-state index contributed by atoms with van der Waals surface area (Å²) >= 11 is 0. The molecule has 0 aromatic heterocycles. The summed E-state index contributed by atoms with van der Waals surface area (Å²) in [6.45, 7) is 5.89. The molecule has 1 heterocycles. The van der Waals surface area contributed by atoms with Crippen molar-refractivity contribution in [2.45, 2.75) is 32.1 Å². The highest BCUT2D eigenvalue weighted by Crippen LogP contribution is 2.30. The van der Waals surface area contributed by atoms with Crippen LogP contribution in [0.1, 0.15) is 31.4 Å². The Kier molecular flexibility index (Phi) is 2.70. The molecule has 0 spiro atoms. The van der Waals surface area contributed by atoms with Gasteiger partial charge >= 0.3 is 0 Å². The summed E-state index contributed by atoms with van der Waals surface area (Å²) in [6.07, 6.45) is 2.25. The molecule has 0 radical (unpaired) electrons. The number of fused-ring (bicyclic) bond motifs is 1. The summed E-state index contributed by atoms with van der Waals surface area (Å²) in [7, 11) is 0. The molecule has 2 N–H and O–H groups in total. The van der Waals surface area contributed by atoms with Gasteiger partial charge in [0, 0.05) is 12.0 Å². The highest BCUT2D eigenvalue weighted by molar-refractivity contribution is 5.41. The third-order valence-corrected chi connectivity index (χ3v) is 3.20. The largest absolute Gasteiger partial charge is 0.493 e. The topological polar surface area (TPSA) is 35.2 Å². The second kappa shape index (κ2) is 3.86. The maximum Gasteiger partial charge on any atom is 0.122 e. The number of nitrogens with two attached hydrogens (primary N) is 1. The third-order valence-electron chi connectivity index (χ3n) is 3.20. The van der Waals surface area contributed by atoms with Crippen LogP contribution in [0, 0.1) is 0 Å². The van der Waals surface area contributed by atoms with Crippen LogP contribution >= 0.6 is 0 Å². The van der Waals surface area contributed by atoms with Gasteiger partial charge in [0.15, 0.2) is 0 Å². The van der Waals surface area contributed by atoms with E-state index in [1.54, 1.807) is 0 Å². The molecule has 1 aromatic rings. The molecule has 1 aliphatic heterocycles. The first-order valence-corrected chi connectivity index (χ1v) is 5.60. The van der Waals surface area contributed by atoms with E-state index in [0.717, 1.165) is 25.2 Å². The fraction of sp³-hybridized carbons (Fsp3) is 0.538. The van der Waals surface area contributed by atoms with Crippen LogP contribution in [0.5, 0.6) is 5.75 Å². The lowest BCUT2D eigenvalue weighted by atomic mass is 9.83. The average molecular weight is 205 g/mol. The van der Waals surface area contributed by atoms with Gasteiger partial charge in [0.2, 0.25) is 0 Å². The van der Waals surface area contributed by atoms with Crippen molar-refractivity contribution < 1.29 is 4.74 Å². The molecule has 0 saturated carbocycles. The van der Waals surface area contributed by atoms with Crippen molar-refractivity contribution >= 4 is 0 Å². The fourth-order valence-electron chi connectivity index (χ4n) is 1.90. The Morgan fingerprint density at radius 1 is 1.40 bits per heavy atom. The highest BCUT2D eigenvalue weighted by atomic mass is 16.5. The third kappa shape index (κ3) is 2.00. The molecule has 1 aliphatic rings. The van der Waals surface area contributed by atoms with Gasteiger partial charge in [-0.25, -0.2) is 0 Å². The van der Waals surface area contributed by atoms with E-state index in [2.05, 4.69) is 32.0 Å². The van der Waals surface area contributed by atoms with E-state index < -0.39 is 0 Å². The molecule has 82 valence electrons. The maximum atomic E-state index is 5.78. The summed E-state index contributed by atoms with van der Waals surface area (Å²) < 4.78 is 5.59. The minimum atomic E-state index is 0.0620. The second-order valence-electron chi connectivity index (χ2n) is 4.86. The van der Waals surface area contributed by atoms with Gasteiger partial charge in [0.05, 0.1) is 6.61 Å². The zero-order valence-corrected chi connectivity index (χ0v) is 9.55. The van der Waals surface area contributed by atoms with Crippen molar-refractivity contribution in [3.63, 3.8) is 0 Å². The number of hydrogen-bond acceptors (Lipinski definition) is 2. The molecule has 15 heavy (non-hydrogen) atoms. The molecular formula is C13H19NO. The normalized spacial score (nSPS) is 15.7. The second-order valence-corrected chi connectivity index (χ2v) is 4.86. The van der Waals surface area contributed by atoms with Gasteiger partial charge in [-0.15, -0.1) is 0 Å². The zero-order valence-electron chi connectivity index (χ0n) is 9.55. The van der Waals surface area contributed by atoms with Crippen LogP contribution in [0.3, 0.4) is 0 Å². The maximum absolute atomic E-state index is 5.78. The Hall–Kier alpha value is -1.02. The summed E-state index contributed by atoms with van der Waals surface area (Å²) in [5.41, 5.74) is 8.49. The molecule has 0 aliphatic carbocycles. The van der Waals surface area contributed by atoms with Gasteiger partial charge in [-0.1, -0.05) is 26.0 Å². The smallest absolute Gasteiger partial charge is 0.122 e. The molecule has 2 nitrogen and oxygen atoms in total. The van der Waals surface area contributed by atoms with E-state index in [1.165, 1.54) is 11.1 Å². The van der Waals surface area contributed by atoms with Crippen LogP contribution in [0.2, 0.25) is 0 Å². The first kappa shape index (κ1) is 10.5. The van der Waals surface area contributed by atoms with Crippen molar-refractivity contribution in [1.29, 1.82) is 0 Å². The van der Waals surface area contributed by atoms with Crippen molar-refractivity contribution in [2.24, 2.45) is 5.73 Å². The van der Waals surface area contributed by atoms with Crippen LogP contribution in [0.25, 0.3) is 0 Å². The Morgan fingerprint density at radius 3 is 2.93 bits per heavy atom. The standard InChI is InChI=1S/C13H19NO/c1-13(2,9-14)11-5-6-12-10(8-11)4-3-7-15-12/h5-6,8H,3-4,7,9,14H2,1-2H3. The van der Waals surface area contributed by atoms with Gasteiger partial charge < -0.3 is 10.5 Å². The Labute approximate surface area is 91.4 Å². The van der Waals surface area contributed by atoms with Gasteiger partial charge in [0.1, 0.15) is 5.75 Å². The fourth-order valence-corrected chi connectivity index (χ4v) is 1.90. The number of ether oxygens (including phenoxy) is 1. The van der Waals surface area contributed by atoms with Gasteiger partial charge in [-0.05, 0) is 30.0 Å². The van der Waals surface area contributed by atoms with Crippen LogP contribution in [-0.4, -0.2) is 13.2 Å². The first-order valence-electron chi connectivity index (χ1n) is 5.60. The Balaban J connectivity index is 2.36. The monoisotopic (exact) mass is 205 g/mol. The minimum Gasteiger partial charge on any atom is -0.493 e. The number of hydrogen-bond donors (Lipinski definition) is 1. The van der Waals surface area contributed by atoms with Crippen LogP contribution in [0.4, 0.5) is 0 Å². The number of rotatable bonds is 2. The van der Waals surface area contributed by atoms with Gasteiger partial charge in [-0.2, -0.15) is 0 Å². The van der Waals surface area contributed by atoms with Crippen molar-refractivity contribution in [2.75, 3.05) is 13.2 Å². The van der Waals surface area contributed by atoms with Crippen LogP contribution in [0.15, 0.2) is 18.2 Å². The number of benzene rings is 1. The minimum absolute atomic E-state index is 0.0620. The summed E-state index contributed by atoms with van der Waals surface area (Å²) in [4.78, 5) is 0. The van der Waals surface area contributed by atoms with Crippen LogP contribution < -0.4 is 10.5 Å². The highest BCUT2D eigenvalue weighted by Gasteiger charge is 2.20. The van der Waals surface area contributed by atoms with E-state index in [-0.39, 0.29) is 5.41 Å². The lowest BCUT2D eigenvalue weighted by Gasteiger charge is -2.26. The van der Waals surface area contributed by atoms with E-state index in [0.29, 0.717) is 6.54 Å². The van der Waals surface area contributed by atoms with Crippen molar-refractivity contribution in [1.82, 2.24) is 0 Å². The van der Waals surface area contributed by atoms with Gasteiger partial charge in [-0.3, -0.25) is 0 Å². The molecule has 0 atom stereocenters. The quantitative estimate of drug-likeness (QED) is 0.803. The van der Waals surface area contributed by atoms with Crippen LogP contribution in [-0.2, 0) is 11.8 Å². The van der Waals surface area contributed by atoms with E-state index in [1.807, 2.05) is 0 Å². The lowest BCUT2D eigenvalue weighted by molar-refractivity contribution is 0.288. The molecule has 1 aromatic carbocycles. The SMILES string of the molecule is CC(C)(CN)c1ccc2c(c1)CCCO2. The summed E-state index contributed by atoms with van der Waals surface area (Å²) in [6, 6.07) is 6.47. The zero-order chi connectivity index (χ0) is 10.9. The predicted molar refractivity (Wildman–Crippen MR) is 62.3 cm³/mol. The Morgan fingerprint density at radius 2 is 2.20 bits per heavy atom. The lowest BCUT2D eigenvalue weighted by Crippen LogP contribution is -2.28. The van der Waals surface area contributed by atoms with Crippen molar-refractivity contribution in [3.05, 3.63) is 29.3 Å². The molecule has 0 fully saturated rings. The number of aryl methyl sites for hydroxylation is 1. The first-order chi connectivity index (χ1) is 7.13. The van der Waals surface area contributed by atoms with Crippen molar-refractivity contribution in [3.8, 4) is 5.75 Å². The molecule has 2 heteroatoms. The summed E-state index contributed by atoms with van der Waals surface area (Å²) in [5.74, 6) is 1.05. The molecule has 0 unspecified atom stereocenters. The average Bonchev–Trinajstić information content (AvgIpc) is 2.28. The Bertz CT molecular complexity index is 358. The van der Waals surface area contributed by atoms with E-state index in [4.69, 9.17) is 10.5 Å². The molecule has 2 rings (SSSR count). The molecular weight excluding hydrogens is 186 g/mol.